The van der Waals surface area contributed by atoms with Gasteiger partial charge in [0.15, 0.2) is 0 Å². The highest BCUT2D eigenvalue weighted by Crippen LogP contribution is 2.09. The van der Waals surface area contributed by atoms with E-state index in [9.17, 15) is 4.79 Å². The zero-order valence-corrected chi connectivity index (χ0v) is 8.98. The molecule has 1 aromatic carbocycles. The Labute approximate surface area is 90.2 Å². The molecule has 82 valence electrons. The van der Waals surface area contributed by atoms with E-state index >= 15 is 0 Å². The quantitative estimate of drug-likeness (QED) is 0.768. The lowest BCUT2D eigenvalue weighted by molar-refractivity contribution is -0.120. The van der Waals surface area contributed by atoms with E-state index in [1.54, 1.807) is 7.11 Å². The Morgan fingerprint density at radius 1 is 1.40 bits per heavy atom. The summed E-state index contributed by atoms with van der Waals surface area (Å²) in [6.45, 7) is 0. The van der Waals surface area contributed by atoms with E-state index in [2.05, 4.69) is 12.1 Å². The van der Waals surface area contributed by atoms with Gasteiger partial charge in [0.05, 0.1) is 12.5 Å². The Balaban J connectivity index is 2.37. The molecule has 15 heavy (non-hydrogen) atoms. The highest BCUT2D eigenvalue weighted by molar-refractivity contribution is 5.74. The minimum Gasteiger partial charge on any atom is -0.381 e. The number of primary amides is 1. The summed E-state index contributed by atoms with van der Waals surface area (Å²) >= 11 is 0. The maximum atomic E-state index is 10.7. The van der Waals surface area contributed by atoms with Crippen LogP contribution in [0.15, 0.2) is 30.3 Å². The first-order valence-electron chi connectivity index (χ1n) is 5.07. The van der Waals surface area contributed by atoms with Gasteiger partial charge in [0.25, 0.3) is 0 Å². The van der Waals surface area contributed by atoms with Crippen LogP contribution in [-0.4, -0.2) is 19.1 Å². The molecular weight excluding hydrogens is 190 g/mol. The lowest BCUT2D eigenvalue weighted by Gasteiger charge is -2.12. The van der Waals surface area contributed by atoms with Gasteiger partial charge >= 0.3 is 0 Å². The largest absolute Gasteiger partial charge is 0.381 e. The molecule has 1 amide bonds. The van der Waals surface area contributed by atoms with Gasteiger partial charge in [-0.3, -0.25) is 4.79 Å². The van der Waals surface area contributed by atoms with Crippen LogP contribution < -0.4 is 5.73 Å². The van der Waals surface area contributed by atoms with Crippen molar-refractivity contribution in [1.29, 1.82) is 0 Å². The van der Waals surface area contributed by atoms with E-state index < -0.39 is 0 Å². The highest BCUT2D eigenvalue weighted by atomic mass is 16.5. The van der Waals surface area contributed by atoms with Crippen LogP contribution in [0.4, 0.5) is 0 Å². The number of carbonyl (C=O) groups excluding carboxylic acids is 1. The zero-order chi connectivity index (χ0) is 11.1. The lowest BCUT2D eigenvalue weighted by Crippen LogP contribution is -2.22. The SMILES string of the molecule is COC(CCc1ccccc1)CC(N)=O. The first-order chi connectivity index (χ1) is 7.22. The van der Waals surface area contributed by atoms with Crippen molar-refractivity contribution in [3.8, 4) is 0 Å². The number of hydrogen-bond donors (Lipinski definition) is 1. The van der Waals surface area contributed by atoms with Crippen molar-refractivity contribution in [2.45, 2.75) is 25.4 Å². The number of hydrogen-bond acceptors (Lipinski definition) is 2. The van der Waals surface area contributed by atoms with Crippen LogP contribution in [0, 0.1) is 0 Å². The van der Waals surface area contributed by atoms with Crippen molar-refractivity contribution in [2.24, 2.45) is 5.73 Å². The number of amides is 1. The molecule has 0 aliphatic rings. The Hall–Kier alpha value is -1.35. The van der Waals surface area contributed by atoms with Gasteiger partial charge in [0.2, 0.25) is 5.91 Å². The molecule has 0 radical (unpaired) electrons. The zero-order valence-electron chi connectivity index (χ0n) is 8.98. The van der Waals surface area contributed by atoms with E-state index in [1.807, 2.05) is 18.2 Å². The summed E-state index contributed by atoms with van der Waals surface area (Å²) in [4.78, 5) is 10.7. The summed E-state index contributed by atoms with van der Waals surface area (Å²) in [5, 5.41) is 0. The van der Waals surface area contributed by atoms with Gasteiger partial charge in [-0.15, -0.1) is 0 Å². The molecule has 3 nitrogen and oxygen atoms in total. The van der Waals surface area contributed by atoms with Gasteiger partial charge in [-0.25, -0.2) is 0 Å². The number of methoxy groups -OCH3 is 1. The van der Waals surface area contributed by atoms with E-state index in [1.165, 1.54) is 5.56 Å². The Morgan fingerprint density at radius 2 is 2.07 bits per heavy atom. The fourth-order valence-electron chi connectivity index (χ4n) is 1.50. The second kappa shape index (κ2) is 6.19. The van der Waals surface area contributed by atoms with E-state index in [-0.39, 0.29) is 12.0 Å². The number of aryl methyl sites for hydroxylation is 1. The third kappa shape index (κ3) is 4.61. The predicted molar refractivity (Wildman–Crippen MR) is 59.4 cm³/mol. The summed E-state index contributed by atoms with van der Waals surface area (Å²) in [6, 6.07) is 10.1. The summed E-state index contributed by atoms with van der Waals surface area (Å²) in [5.41, 5.74) is 6.37. The van der Waals surface area contributed by atoms with E-state index in [0.29, 0.717) is 6.42 Å². The average Bonchev–Trinajstić information content (AvgIpc) is 2.25. The highest BCUT2D eigenvalue weighted by Gasteiger charge is 2.10. The molecule has 0 fully saturated rings. The molecule has 0 aliphatic carbocycles. The first kappa shape index (κ1) is 11.7. The van der Waals surface area contributed by atoms with Crippen LogP contribution in [0.3, 0.4) is 0 Å². The van der Waals surface area contributed by atoms with Gasteiger partial charge < -0.3 is 10.5 Å². The van der Waals surface area contributed by atoms with Crippen molar-refractivity contribution in [2.75, 3.05) is 7.11 Å². The third-order valence-corrected chi connectivity index (χ3v) is 2.36. The molecule has 0 aromatic heterocycles. The summed E-state index contributed by atoms with van der Waals surface area (Å²) in [6.07, 6.45) is 1.96. The monoisotopic (exact) mass is 207 g/mol. The minimum absolute atomic E-state index is 0.0669. The van der Waals surface area contributed by atoms with Crippen LogP contribution in [0.1, 0.15) is 18.4 Å². The maximum Gasteiger partial charge on any atom is 0.220 e. The molecule has 3 heteroatoms. The summed E-state index contributed by atoms with van der Waals surface area (Å²) in [5.74, 6) is -0.310. The molecule has 0 heterocycles. The third-order valence-electron chi connectivity index (χ3n) is 2.36. The normalized spacial score (nSPS) is 12.3. The molecule has 0 spiro atoms. The number of nitrogens with two attached hydrogens (primary N) is 1. The van der Waals surface area contributed by atoms with Crippen LogP contribution in [0.5, 0.6) is 0 Å². The molecule has 2 N–H and O–H groups in total. The van der Waals surface area contributed by atoms with Crippen LogP contribution >= 0.6 is 0 Å². The number of ether oxygens (including phenoxy) is 1. The van der Waals surface area contributed by atoms with Crippen LogP contribution in [0.25, 0.3) is 0 Å². The van der Waals surface area contributed by atoms with Crippen LogP contribution in [-0.2, 0) is 16.0 Å². The number of carbonyl (C=O) groups is 1. The van der Waals surface area contributed by atoms with E-state index in [4.69, 9.17) is 10.5 Å². The fraction of sp³-hybridized carbons (Fsp3) is 0.417. The molecule has 0 bridgehead atoms. The molecule has 1 unspecified atom stereocenters. The van der Waals surface area contributed by atoms with Crippen molar-refractivity contribution in [1.82, 2.24) is 0 Å². The molecule has 1 aromatic rings. The molecule has 0 aliphatic heterocycles. The van der Waals surface area contributed by atoms with Crippen LogP contribution in [0.2, 0.25) is 0 Å². The van der Waals surface area contributed by atoms with Crippen molar-refractivity contribution < 1.29 is 9.53 Å². The molecular formula is C12H17NO2. The summed E-state index contributed by atoms with van der Waals surface area (Å²) in [7, 11) is 1.61. The average molecular weight is 207 g/mol. The molecule has 1 rings (SSSR count). The number of rotatable bonds is 6. The minimum atomic E-state index is -0.310. The smallest absolute Gasteiger partial charge is 0.220 e. The standard InChI is InChI=1S/C12H17NO2/c1-15-11(9-12(13)14)8-7-10-5-3-2-4-6-10/h2-6,11H,7-9H2,1H3,(H2,13,14). The van der Waals surface area contributed by atoms with Gasteiger partial charge in [-0.2, -0.15) is 0 Å². The topological polar surface area (TPSA) is 52.3 Å². The van der Waals surface area contributed by atoms with Crippen molar-refractivity contribution >= 4 is 5.91 Å². The lowest BCUT2D eigenvalue weighted by atomic mass is 10.0. The van der Waals surface area contributed by atoms with Gasteiger partial charge in [0, 0.05) is 7.11 Å². The van der Waals surface area contributed by atoms with E-state index in [0.717, 1.165) is 12.8 Å². The molecule has 1 atom stereocenters. The van der Waals surface area contributed by atoms with Crippen molar-refractivity contribution in [3.05, 3.63) is 35.9 Å². The van der Waals surface area contributed by atoms with Gasteiger partial charge in [-0.1, -0.05) is 30.3 Å². The summed E-state index contributed by atoms with van der Waals surface area (Å²) < 4.78 is 5.18. The molecule has 0 saturated heterocycles. The fourth-order valence-corrected chi connectivity index (χ4v) is 1.50. The van der Waals surface area contributed by atoms with Gasteiger partial charge in [-0.05, 0) is 18.4 Å². The maximum absolute atomic E-state index is 10.7. The Kier molecular flexibility index (Phi) is 4.84. The second-order valence-corrected chi connectivity index (χ2v) is 3.55. The number of benzene rings is 1. The van der Waals surface area contributed by atoms with Crippen molar-refractivity contribution in [3.63, 3.8) is 0 Å². The first-order valence-corrected chi connectivity index (χ1v) is 5.07. The molecule has 0 saturated carbocycles. The Morgan fingerprint density at radius 3 is 2.60 bits per heavy atom. The van der Waals surface area contributed by atoms with Gasteiger partial charge in [0.1, 0.15) is 0 Å². The predicted octanol–water partition coefficient (Wildman–Crippen LogP) is 1.51. The second-order valence-electron chi connectivity index (χ2n) is 3.55. The Bertz CT molecular complexity index is 298.